The van der Waals surface area contributed by atoms with Crippen LogP contribution in [0.2, 0.25) is 0 Å². The van der Waals surface area contributed by atoms with E-state index in [2.05, 4.69) is 0 Å². The molecule has 0 amide bonds. The Morgan fingerprint density at radius 1 is 1.12 bits per heavy atom. The molecule has 1 N–H and O–H groups in total. The molecule has 0 atom stereocenters. The van der Waals surface area contributed by atoms with E-state index in [0.29, 0.717) is 12.1 Å². The van der Waals surface area contributed by atoms with E-state index in [1.54, 1.807) is 0 Å². The molecule has 0 aliphatic carbocycles. The third-order valence-electron chi connectivity index (χ3n) is 1.62. The first-order valence-electron chi connectivity index (χ1n) is 4.41. The fourth-order valence-corrected chi connectivity index (χ4v) is 2.52. The number of rotatable bonds is 3. The molecule has 16 heavy (non-hydrogen) atoms. The quantitative estimate of drug-likeness (QED) is 0.892. The molecule has 0 heterocycles. The molecule has 0 radical (unpaired) electrons. The summed E-state index contributed by atoms with van der Waals surface area (Å²) >= 11 is 0. The molecule has 0 aliphatic rings. The summed E-state index contributed by atoms with van der Waals surface area (Å²) in [7, 11) is -4.30. The topological polar surface area (TPSA) is 46.2 Å². The molecule has 0 bridgehead atoms. The maximum atomic E-state index is 13.2. The van der Waals surface area contributed by atoms with Crippen LogP contribution in [-0.4, -0.2) is 14.5 Å². The lowest BCUT2D eigenvalue weighted by molar-refractivity contribution is 0.491. The smallest absolute Gasteiger partial charge is 0.208 e. The first-order valence-corrected chi connectivity index (χ1v) is 5.89. The van der Waals surface area contributed by atoms with E-state index in [1.165, 1.54) is 13.8 Å². The van der Waals surface area contributed by atoms with Crippen molar-refractivity contribution in [1.29, 1.82) is 0 Å². The Labute approximate surface area is 91.3 Å². The molecule has 90 valence electrons. The molecular formula is C9H10F3NO2S. The van der Waals surface area contributed by atoms with Gasteiger partial charge in [-0.05, 0) is 13.8 Å². The van der Waals surface area contributed by atoms with Gasteiger partial charge in [-0.3, -0.25) is 0 Å². The Kier molecular flexibility index (Phi) is 3.59. The van der Waals surface area contributed by atoms with Crippen LogP contribution in [0.4, 0.5) is 13.2 Å². The zero-order valence-corrected chi connectivity index (χ0v) is 9.41. The van der Waals surface area contributed by atoms with Crippen LogP contribution < -0.4 is 4.72 Å². The van der Waals surface area contributed by atoms with Crippen molar-refractivity contribution in [1.82, 2.24) is 4.72 Å². The van der Waals surface area contributed by atoms with Gasteiger partial charge in [0.1, 0.15) is 17.5 Å². The van der Waals surface area contributed by atoms with E-state index in [1.807, 2.05) is 4.72 Å². The molecule has 0 saturated heterocycles. The zero-order valence-electron chi connectivity index (χ0n) is 8.59. The van der Waals surface area contributed by atoms with Crippen LogP contribution in [0.15, 0.2) is 17.0 Å². The van der Waals surface area contributed by atoms with Crippen LogP contribution in [0, 0.1) is 17.5 Å². The van der Waals surface area contributed by atoms with Gasteiger partial charge in [0.2, 0.25) is 10.0 Å². The summed E-state index contributed by atoms with van der Waals surface area (Å²) in [6, 6.07) is 0.115. The van der Waals surface area contributed by atoms with Gasteiger partial charge in [0.05, 0.1) is 0 Å². The van der Waals surface area contributed by atoms with E-state index < -0.39 is 38.4 Å². The average molecular weight is 253 g/mol. The van der Waals surface area contributed by atoms with Crippen LogP contribution >= 0.6 is 0 Å². The first kappa shape index (κ1) is 13.0. The Bertz CT molecular complexity index is 476. The predicted octanol–water partition coefficient (Wildman–Crippen LogP) is 1.79. The van der Waals surface area contributed by atoms with Gasteiger partial charge in [0.25, 0.3) is 0 Å². The second kappa shape index (κ2) is 4.42. The van der Waals surface area contributed by atoms with Crippen LogP contribution in [0.25, 0.3) is 0 Å². The maximum absolute atomic E-state index is 13.2. The SMILES string of the molecule is CC(C)NS(=O)(=O)c1c(F)cc(F)cc1F. The van der Waals surface area contributed by atoms with Gasteiger partial charge < -0.3 is 0 Å². The second-order valence-corrected chi connectivity index (χ2v) is 5.13. The fourth-order valence-electron chi connectivity index (χ4n) is 1.15. The normalized spacial score (nSPS) is 12.1. The summed E-state index contributed by atoms with van der Waals surface area (Å²) in [5.74, 6) is -4.07. The number of hydrogen-bond donors (Lipinski definition) is 1. The Morgan fingerprint density at radius 3 is 1.94 bits per heavy atom. The fraction of sp³-hybridized carbons (Fsp3) is 0.333. The molecule has 0 aromatic heterocycles. The van der Waals surface area contributed by atoms with Crippen LogP contribution in [-0.2, 0) is 10.0 Å². The summed E-state index contributed by atoms with van der Waals surface area (Å²) in [6.07, 6.45) is 0. The van der Waals surface area contributed by atoms with E-state index in [9.17, 15) is 21.6 Å². The van der Waals surface area contributed by atoms with E-state index >= 15 is 0 Å². The molecule has 1 rings (SSSR count). The molecule has 3 nitrogen and oxygen atoms in total. The number of hydrogen-bond acceptors (Lipinski definition) is 2. The lowest BCUT2D eigenvalue weighted by Crippen LogP contribution is -2.31. The number of halogens is 3. The average Bonchev–Trinajstić information content (AvgIpc) is 1.96. The molecule has 0 saturated carbocycles. The van der Waals surface area contributed by atoms with Crippen molar-refractivity contribution in [3.8, 4) is 0 Å². The van der Waals surface area contributed by atoms with Crippen LogP contribution in [0.5, 0.6) is 0 Å². The second-order valence-electron chi connectivity index (χ2n) is 3.47. The van der Waals surface area contributed by atoms with Gasteiger partial charge >= 0.3 is 0 Å². The third-order valence-corrected chi connectivity index (χ3v) is 3.33. The summed E-state index contributed by atoms with van der Waals surface area (Å²) in [5, 5.41) is 0. The van der Waals surface area contributed by atoms with E-state index in [-0.39, 0.29) is 0 Å². The molecule has 0 fully saturated rings. The van der Waals surface area contributed by atoms with Crippen LogP contribution in [0.3, 0.4) is 0 Å². The third kappa shape index (κ3) is 2.73. The minimum atomic E-state index is -4.30. The summed E-state index contributed by atoms with van der Waals surface area (Å²) in [6.45, 7) is 2.99. The minimum absolute atomic E-state index is 0.317. The molecule has 7 heteroatoms. The molecule has 0 unspecified atom stereocenters. The van der Waals surface area contributed by atoms with Crippen LogP contribution in [0.1, 0.15) is 13.8 Å². The Hall–Kier alpha value is -1.08. The highest BCUT2D eigenvalue weighted by Crippen LogP contribution is 2.20. The lowest BCUT2D eigenvalue weighted by Gasteiger charge is -2.10. The number of benzene rings is 1. The molecular weight excluding hydrogens is 243 g/mol. The molecule has 0 spiro atoms. The highest BCUT2D eigenvalue weighted by molar-refractivity contribution is 7.89. The Morgan fingerprint density at radius 2 is 1.56 bits per heavy atom. The highest BCUT2D eigenvalue weighted by Gasteiger charge is 2.25. The standard InChI is InChI=1S/C9H10F3NO2S/c1-5(2)13-16(14,15)9-7(11)3-6(10)4-8(9)12/h3-5,13H,1-2H3. The molecule has 1 aromatic rings. The summed E-state index contributed by atoms with van der Waals surface area (Å²) in [5.41, 5.74) is 0. The zero-order chi connectivity index (χ0) is 12.5. The van der Waals surface area contributed by atoms with Crippen molar-refractivity contribution in [2.24, 2.45) is 0 Å². The molecule has 0 aliphatic heterocycles. The highest BCUT2D eigenvalue weighted by atomic mass is 32.2. The van der Waals surface area contributed by atoms with Crippen molar-refractivity contribution in [3.63, 3.8) is 0 Å². The molecule has 1 aromatic carbocycles. The van der Waals surface area contributed by atoms with Gasteiger partial charge in [0, 0.05) is 18.2 Å². The van der Waals surface area contributed by atoms with Crippen molar-refractivity contribution in [2.45, 2.75) is 24.8 Å². The van der Waals surface area contributed by atoms with E-state index in [0.717, 1.165) is 0 Å². The largest absolute Gasteiger partial charge is 0.246 e. The van der Waals surface area contributed by atoms with Crippen molar-refractivity contribution in [2.75, 3.05) is 0 Å². The van der Waals surface area contributed by atoms with Gasteiger partial charge in [0.15, 0.2) is 4.90 Å². The maximum Gasteiger partial charge on any atom is 0.246 e. The summed E-state index contributed by atoms with van der Waals surface area (Å²) < 4.78 is 63.9. The van der Waals surface area contributed by atoms with Gasteiger partial charge in [-0.1, -0.05) is 0 Å². The summed E-state index contributed by atoms with van der Waals surface area (Å²) in [4.78, 5) is -1.16. The lowest BCUT2D eigenvalue weighted by atomic mass is 10.3. The predicted molar refractivity (Wildman–Crippen MR) is 51.8 cm³/mol. The Balaban J connectivity index is 3.34. The van der Waals surface area contributed by atoms with Crippen molar-refractivity contribution < 1.29 is 21.6 Å². The minimum Gasteiger partial charge on any atom is -0.208 e. The number of sulfonamides is 1. The monoisotopic (exact) mass is 253 g/mol. The van der Waals surface area contributed by atoms with Crippen molar-refractivity contribution in [3.05, 3.63) is 29.6 Å². The number of nitrogens with one attached hydrogen (secondary N) is 1. The van der Waals surface area contributed by atoms with Gasteiger partial charge in [-0.15, -0.1) is 0 Å². The first-order chi connectivity index (χ1) is 7.24. The van der Waals surface area contributed by atoms with E-state index in [4.69, 9.17) is 0 Å². The van der Waals surface area contributed by atoms with Crippen molar-refractivity contribution >= 4 is 10.0 Å². The van der Waals surface area contributed by atoms with Gasteiger partial charge in [-0.25, -0.2) is 26.3 Å². The van der Waals surface area contributed by atoms with Gasteiger partial charge in [-0.2, -0.15) is 0 Å².